The van der Waals surface area contributed by atoms with Crippen LogP contribution in [0.4, 0.5) is 0 Å². The van der Waals surface area contributed by atoms with Crippen molar-refractivity contribution in [3.05, 3.63) is 0 Å². The molecule has 5 atom stereocenters. The van der Waals surface area contributed by atoms with Crippen molar-refractivity contribution in [3.63, 3.8) is 0 Å². The maximum absolute atomic E-state index is 11.7. The summed E-state index contributed by atoms with van der Waals surface area (Å²) in [6.07, 6.45) is -4.51. The summed E-state index contributed by atoms with van der Waals surface area (Å²) in [5.41, 5.74) is 0. The van der Waals surface area contributed by atoms with Crippen LogP contribution in [0.5, 0.6) is 0 Å². The van der Waals surface area contributed by atoms with Gasteiger partial charge in [0.25, 0.3) is 0 Å². The van der Waals surface area contributed by atoms with Gasteiger partial charge < -0.3 is 29.1 Å². The molecule has 1 saturated heterocycles. The fraction of sp³-hybridized carbons (Fsp3) is 0.833. The fourth-order valence-corrected chi connectivity index (χ4v) is 3.63. The molecule has 0 aromatic carbocycles. The second kappa shape index (κ2) is 9.34. The van der Waals surface area contributed by atoms with Gasteiger partial charge in [-0.25, -0.2) is 0 Å². The summed E-state index contributed by atoms with van der Waals surface area (Å²) >= 11 is 0. The quantitative estimate of drug-likeness (QED) is 0.485. The van der Waals surface area contributed by atoms with Gasteiger partial charge >= 0.3 is 11.9 Å². The number of carbonyl (C=O) groups excluding carboxylic acids is 3. The summed E-state index contributed by atoms with van der Waals surface area (Å²) in [5.74, 6) is -1.71. The van der Waals surface area contributed by atoms with Gasteiger partial charge in [0.1, 0.15) is 12.1 Å². The third-order valence-electron chi connectivity index (χ3n) is 5.05. The third-order valence-corrected chi connectivity index (χ3v) is 9.55. The Morgan fingerprint density at radius 3 is 1.96 bits per heavy atom. The van der Waals surface area contributed by atoms with Crippen molar-refractivity contribution >= 4 is 26.2 Å². The van der Waals surface area contributed by atoms with Gasteiger partial charge in [-0.15, -0.1) is 0 Å². The van der Waals surface area contributed by atoms with E-state index < -0.39 is 56.8 Å². The number of carbonyl (C=O) groups is 3. The Morgan fingerprint density at radius 1 is 1.04 bits per heavy atom. The van der Waals surface area contributed by atoms with Crippen LogP contribution >= 0.6 is 0 Å². The maximum Gasteiger partial charge on any atom is 0.303 e. The van der Waals surface area contributed by atoms with Gasteiger partial charge in [-0.3, -0.25) is 14.4 Å². The molecule has 9 nitrogen and oxygen atoms in total. The first kappa shape index (κ1) is 24.5. The van der Waals surface area contributed by atoms with E-state index in [-0.39, 0.29) is 11.6 Å². The first-order valence-corrected chi connectivity index (χ1v) is 12.2. The molecule has 1 aliphatic rings. The van der Waals surface area contributed by atoms with Crippen molar-refractivity contribution < 1.29 is 38.1 Å². The van der Waals surface area contributed by atoms with E-state index in [0.29, 0.717) is 0 Å². The highest BCUT2D eigenvalue weighted by molar-refractivity contribution is 6.74. The topological polar surface area (TPSA) is 120 Å². The van der Waals surface area contributed by atoms with Gasteiger partial charge in [0.05, 0.1) is 6.61 Å². The fourth-order valence-electron chi connectivity index (χ4n) is 2.62. The third kappa shape index (κ3) is 6.54. The molecular formula is C18H33NO8Si. The van der Waals surface area contributed by atoms with Gasteiger partial charge in [-0.2, -0.15) is 0 Å². The van der Waals surface area contributed by atoms with E-state index in [1.54, 1.807) is 0 Å². The second-order valence-corrected chi connectivity index (χ2v) is 13.3. The highest BCUT2D eigenvalue weighted by Crippen LogP contribution is 2.37. The first-order chi connectivity index (χ1) is 12.7. The number of hydrogen-bond donors (Lipinski definition) is 2. The van der Waals surface area contributed by atoms with Crippen molar-refractivity contribution in [1.82, 2.24) is 5.32 Å². The molecule has 28 heavy (non-hydrogen) atoms. The molecule has 1 amide bonds. The summed E-state index contributed by atoms with van der Waals surface area (Å²) in [6, 6.07) is -1.09. The lowest BCUT2D eigenvalue weighted by Crippen LogP contribution is -2.66. The molecule has 162 valence electrons. The molecule has 0 aromatic heterocycles. The Morgan fingerprint density at radius 2 is 1.54 bits per heavy atom. The van der Waals surface area contributed by atoms with E-state index in [9.17, 15) is 19.5 Å². The molecule has 1 heterocycles. The predicted octanol–water partition coefficient (Wildman–Crippen LogP) is 1.09. The van der Waals surface area contributed by atoms with Crippen LogP contribution in [0, 0.1) is 0 Å². The molecule has 10 heteroatoms. The Kier molecular flexibility index (Phi) is 8.18. The molecule has 0 radical (unpaired) electrons. The zero-order valence-corrected chi connectivity index (χ0v) is 18.9. The standard InChI is InChI=1S/C18H33NO8Si/c1-10(20)19-14-16(26-12(3)22)15(25-11(2)21)13(27-17(14)23)9-24-28(7,8)18(4,5)6/h13-17,23H,9H2,1-8H3,(H,19,20)/t13-,14-,15-,16-,17-/m1/s1. The molecule has 0 saturated carbocycles. The molecule has 0 bridgehead atoms. The predicted molar refractivity (Wildman–Crippen MR) is 103 cm³/mol. The number of rotatable bonds is 6. The van der Waals surface area contributed by atoms with Crippen molar-refractivity contribution in [1.29, 1.82) is 0 Å². The average Bonchev–Trinajstić information content (AvgIpc) is 2.49. The molecule has 1 aliphatic heterocycles. The van der Waals surface area contributed by atoms with Crippen molar-refractivity contribution in [3.8, 4) is 0 Å². The van der Waals surface area contributed by atoms with Crippen LogP contribution in [-0.4, -0.2) is 68.5 Å². The number of nitrogens with one attached hydrogen (secondary N) is 1. The second-order valence-electron chi connectivity index (χ2n) is 8.51. The van der Waals surface area contributed by atoms with Gasteiger partial charge in [0, 0.05) is 20.8 Å². The lowest BCUT2D eigenvalue weighted by atomic mass is 9.96. The molecule has 1 rings (SSSR count). The molecule has 0 spiro atoms. The monoisotopic (exact) mass is 419 g/mol. The molecule has 1 fully saturated rings. The SMILES string of the molecule is CC(=O)N[C@@H]1[C@@H](OC(C)=O)[C@H](OC(C)=O)[C@@H](CO[Si](C)(C)C(C)(C)C)O[C@H]1O. The zero-order valence-electron chi connectivity index (χ0n) is 17.9. The van der Waals surface area contributed by atoms with E-state index in [0.717, 1.165) is 0 Å². The molecular weight excluding hydrogens is 386 g/mol. The minimum Gasteiger partial charge on any atom is -0.456 e. The van der Waals surface area contributed by atoms with E-state index in [4.69, 9.17) is 18.6 Å². The van der Waals surface area contributed by atoms with Gasteiger partial charge in [-0.1, -0.05) is 20.8 Å². The van der Waals surface area contributed by atoms with Crippen LogP contribution in [0.25, 0.3) is 0 Å². The number of hydrogen-bond acceptors (Lipinski definition) is 8. The Hall–Kier alpha value is -1.49. The smallest absolute Gasteiger partial charge is 0.303 e. The van der Waals surface area contributed by atoms with Crippen LogP contribution < -0.4 is 5.32 Å². The maximum atomic E-state index is 11.7. The minimum atomic E-state index is -2.16. The van der Waals surface area contributed by atoms with Crippen LogP contribution in [0.1, 0.15) is 41.5 Å². The van der Waals surface area contributed by atoms with Crippen LogP contribution in [0.2, 0.25) is 18.1 Å². The number of esters is 2. The molecule has 0 unspecified atom stereocenters. The van der Waals surface area contributed by atoms with Crippen molar-refractivity contribution in [2.24, 2.45) is 0 Å². The average molecular weight is 420 g/mol. The summed E-state index contributed by atoms with van der Waals surface area (Å²) in [4.78, 5) is 34.8. The Labute approximate surface area is 167 Å². The van der Waals surface area contributed by atoms with E-state index in [1.807, 2.05) is 0 Å². The van der Waals surface area contributed by atoms with Crippen LogP contribution in [0.3, 0.4) is 0 Å². The van der Waals surface area contributed by atoms with E-state index >= 15 is 0 Å². The number of aliphatic hydroxyl groups is 1. The number of amides is 1. The van der Waals surface area contributed by atoms with Crippen molar-refractivity contribution in [2.45, 2.75) is 90.3 Å². The van der Waals surface area contributed by atoms with E-state index in [2.05, 4.69) is 39.2 Å². The number of ether oxygens (including phenoxy) is 3. The van der Waals surface area contributed by atoms with Gasteiger partial charge in [0.2, 0.25) is 5.91 Å². The molecule has 0 aromatic rings. The first-order valence-electron chi connectivity index (χ1n) is 9.24. The molecule has 0 aliphatic carbocycles. The minimum absolute atomic E-state index is 0.0378. The molecule has 2 N–H and O–H groups in total. The summed E-state index contributed by atoms with van der Waals surface area (Å²) in [6.45, 7) is 14.0. The van der Waals surface area contributed by atoms with Gasteiger partial charge in [-0.05, 0) is 18.1 Å². The van der Waals surface area contributed by atoms with Crippen molar-refractivity contribution in [2.75, 3.05) is 6.61 Å². The van der Waals surface area contributed by atoms with Crippen LogP contribution in [0.15, 0.2) is 0 Å². The zero-order chi connectivity index (χ0) is 21.9. The highest BCUT2D eigenvalue weighted by atomic mass is 28.4. The van der Waals surface area contributed by atoms with E-state index in [1.165, 1.54) is 20.8 Å². The number of aliphatic hydroxyl groups excluding tert-OH is 1. The Bertz CT molecular complexity index is 589. The largest absolute Gasteiger partial charge is 0.456 e. The lowest BCUT2D eigenvalue weighted by molar-refractivity contribution is -0.262. The summed E-state index contributed by atoms with van der Waals surface area (Å²) in [5, 5.41) is 12.8. The Balaban J connectivity index is 3.15. The van der Waals surface area contributed by atoms with Crippen LogP contribution in [-0.2, 0) is 33.0 Å². The lowest BCUT2D eigenvalue weighted by Gasteiger charge is -2.45. The summed E-state index contributed by atoms with van der Waals surface area (Å²) < 4.78 is 22.4. The summed E-state index contributed by atoms with van der Waals surface area (Å²) in [7, 11) is -2.16. The normalized spacial score (nSPS) is 28.4. The van der Waals surface area contributed by atoms with Gasteiger partial charge in [0.15, 0.2) is 26.8 Å². The highest BCUT2D eigenvalue weighted by Gasteiger charge is 2.50.